The van der Waals surface area contributed by atoms with Crippen LogP contribution in [0.1, 0.15) is 39.0 Å². The molecule has 1 aliphatic carbocycles. The Morgan fingerprint density at radius 3 is 3.00 bits per heavy atom. The molecule has 0 saturated heterocycles. The highest BCUT2D eigenvalue weighted by Gasteiger charge is 2.13. The van der Waals surface area contributed by atoms with Crippen LogP contribution >= 0.6 is 0 Å². The lowest BCUT2D eigenvalue weighted by Crippen LogP contribution is -2.18. The van der Waals surface area contributed by atoms with E-state index in [4.69, 9.17) is 4.74 Å². The second kappa shape index (κ2) is 5.59. The molecule has 0 heterocycles. The molecule has 1 rings (SSSR count). The largest absolute Gasteiger partial charge is 0.378 e. The molecule has 0 aromatic rings. The van der Waals surface area contributed by atoms with Gasteiger partial charge in [0, 0.05) is 6.61 Å². The summed E-state index contributed by atoms with van der Waals surface area (Å²) in [7, 11) is 0. The topological polar surface area (TPSA) is 9.23 Å². The maximum Gasteiger partial charge on any atom is 0.0609 e. The van der Waals surface area contributed by atoms with Crippen molar-refractivity contribution in [1.82, 2.24) is 0 Å². The van der Waals surface area contributed by atoms with E-state index < -0.39 is 0 Å². The first-order chi connectivity index (χ1) is 5.43. The van der Waals surface area contributed by atoms with Gasteiger partial charge in [-0.05, 0) is 38.5 Å². The molecule has 64 valence electrons. The number of ether oxygens (including phenoxy) is 1. The standard InChI is InChI=1S/C10H18O/c1-2-3-9-11-10-7-5-4-6-8-10/h5,8,10H,2-4,6-7,9H2,1H3. The summed E-state index contributed by atoms with van der Waals surface area (Å²) in [5.74, 6) is 0. The van der Waals surface area contributed by atoms with Crippen LogP contribution in [-0.2, 0) is 4.74 Å². The highest BCUT2D eigenvalue weighted by atomic mass is 16.5. The zero-order valence-corrected chi connectivity index (χ0v) is 7.38. The molecule has 11 heavy (non-hydrogen) atoms. The summed E-state index contributed by atoms with van der Waals surface area (Å²) in [4.78, 5) is 0. The van der Waals surface area contributed by atoms with Crippen LogP contribution in [0.3, 0.4) is 0 Å². The Labute approximate surface area is 70.1 Å². The number of rotatable bonds is 4. The summed E-state index contributed by atoms with van der Waals surface area (Å²) in [5.41, 5.74) is 0. The molecule has 1 nitrogen and oxygen atoms in total. The van der Waals surface area contributed by atoms with E-state index in [9.17, 15) is 0 Å². The Balaban J connectivity index is 1.96. The molecule has 0 spiro atoms. The van der Waals surface area contributed by atoms with Gasteiger partial charge in [-0.2, -0.15) is 0 Å². The monoisotopic (exact) mass is 154 g/mol. The highest BCUT2D eigenvalue weighted by Crippen LogP contribution is 2.18. The van der Waals surface area contributed by atoms with Crippen molar-refractivity contribution in [3.8, 4) is 0 Å². The third-order valence-corrected chi connectivity index (χ3v) is 2.03. The molecular formula is C10H18O. The van der Waals surface area contributed by atoms with Gasteiger partial charge < -0.3 is 4.74 Å². The molecule has 0 amide bonds. The van der Waals surface area contributed by atoms with E-state index in [1.54, 1.807) is 0 Å². The predicted octanol–water partition coefficient (Wildman–Crippen LogP) is 2.76. The minimum absolute atomic E-state index is 0.426. The van der Waals surface area contributed by atoms with E-state index in [-0.39, 0.29) is 0 Å². The molecule has 1 fully saturated rings. The van der Waals surface area contributed by atoms with Crippen LogP contribution in [0.25, 0.3) is 0 Å². The first-order valence-electron chi connectivity index (χ1n) is 4.70. The lowest BCUT2D eigenvalue weighted by atomic mass is 9.98. The quantitative estimate of drug-likeness (QED) is 0.566. The lowest BCUT2D eigenvalue weighted by molar-refractivity contribution is 0.0647. The van der Waals surface area contributed by atoms with Crippen molar-refractivity contribution in [3.05, 3.63) is 12.8 Å². The van der Waals surface area contributed by atoms with Crippen molar-refractivity contribution in [2.75, 3.05) is 6.61 Å². The highest BCUT2D eigenvalue weighted by molar-refractivity contribution is 4.89. The number of unbranched alkanes of at least 4 members (excludes halogenated alkanes) is 1. The Bertz CT molecular complexity index is 84.9. The Hall–Kier alpha value is -0.0400. The molecule has 1 aliphatic rings. The Morgan fingerprint density at radius 2 is 2.36 bits per heavy atom. The zero-order chi connectivity index (χ0) is 7.94. The van der Waals surface area contributed by atoms with Gasteiger partial charge in [0.05, 0.1) is 6.10 Å². The fourth-order valence-electron chi connectivity index (χ4n) is 1.29. The van der Waals surface area contributed by atoms with E-state index in [0.717, 1.165) is 13.0 Å². The average molecular weight is 154 g/mol. The van der Waals surface area contributed by atoms with Gasteiger partial charge >= 0.3 is 0 Å². The fourth-order valence-corrected chi connectivity index (χ4v) is 1.29. The zero-order valence-electron chi connectivity index (χ0n) is 7.38. The van der Waals surface area contributed by atoms with Gasteiger partial charge in [-0.25, -0.2) is 0 Å². The summed E-state index contributed by atoms with van der Waals surface area (Å²) in [6.07, 6.45) is 11.1. The third kappa shape index (κ3) is 3.76. The van der Waals surface area contributed by atoms with E-state index in [2.05, 4.69) is 19.8 Å². The van der Waals surface area contributed by atoms with Crippen LogP contribution in [0.5, 0.6) is 0 Å². The summed E-state index contributed by atoms with van der Waals surface area (Å²) in [5, 5.41) is 0. The minimum atomic E-state index is 0.426. The van der Waals surface area contributed by atoms with Gasteiger partial charge in [0.1, 0.15) is 0 Å². The van der Waals surface area contributed by atoms with Crippen molar-refractivity contribution in [1.29, 1.82) is 0 Å². The van der Waals surface area contributed by atoms with Gasteiger partial charge in [0.25, 0.3) is 0 Å². The average Bonchev–Trinajstić information content (AvgIpc) is 2.07. The van der Waals surface area contributed by atoms with Crippen molar-refractivity contribution < 1.29 is 4.74 Å². The molecule has 0 bridgehead atoms. The van der Waals surface area contributed by atoms with Crippen molar-refractivity contribution >= 4 is 0 Å². The van der Waals surface area contributed by atoms with Crippen LogP contribution in [0.2, 0.25) is 0 Å². The normalized spacial score (nSPS) is 20.5. The van der Waals surface area contributed by atoms with Gasteiger partial charge in [-0.1, -0.05) is 13.3 Å². The fraction of sp³-hybridized carbons (Fsp3) is 0.800. The lowest BCUT2D eigenvalue weighted by Gasteiger charge is -2.21. The van der Waals surface area contributed by atoms with E-state index in [1.165, 1.54) is 25.7 Å². The summed E-state index contributed by atoms with van der Waals surface area (Å²) < 4.78 is 5.64. The number of hydrogen-bond donors (Lipinski definition) is 0. The molecule has 0 N–H and O–H groups in total. The van der Waals surface area contributed by atoms with Crippen molar-refractivity contribution in [2.24, 2.45) is 0 Å². The van der Waals surface area contributed by atoms with Gasteiger partial charge in [-0.3, -0.25) is 0 Å². The summed E-state index contributed by atoms with van der Waals surface area (Å²) in [6, 6.07) is 0. The van der Waals surface area contributed by atoms with E-state index in [0.29, 0.717) is 6.10 Å². The second-order valence-electron chi connectivity index (χ2n) is 3.10. The Morgan fingerprint density at radius 1 is 1.45 bits per heavy atom. The summed E-state index contributed by atoms with van der Waals surface area (Å²) in [6.45, 7) is 3.13. The molecule has 1 atom stereocenters. The molecule has 0 aromatic carbocycles. The Kier molecular flexibility index (Phi) is 4.60. The van der Waals surface area contributed by atoms with Crippen LogP contribution in [0.4, 0.5) is 0 Å². The molecule has 0 aromatic heterocycles. The first kappa shape index (κ1) is 9.05. The van der Waals surface area contributed by atoms with Crippen LogP contribution in [0.15, 0.2) is 0 Å². The van der Waals surface area contributed by atoms with Crippen LogP contribution in [-0.4, -0.2) is 12.7 Å². The minimum Gasteiger partial charge on any atom is -0.378 e. The van der Waals surface area contributed by atoms with Crippen LogP contribution < -0.4 is 0 Å². The maximum absolute atomic E-state index is 5.64. The first-order valence-corrected chi connectivity index (χ1v) is 4.70. The molecule has 1 saturated carbocycles. The predicted molar refractivity (Wildman–Crippen MR) is 47.1 cm³/mol. The molecule has 1 unspecified atom stereocenters. The van der Waals surface area contributed by atoms with Gasteiger partial charge in [0.15, 0.2) is 0 Å². The smallest absolute Gasteiger partial charge is 0.0609 e. The van der Waals surface area contributed by atoms with Gasteiger partial charge in [0.2, 0.25) is 0 Å². The molecular weight excluding hydrogens is 136 g/mol. The van der Waals surface area contributed by atoms with E-state index in [1.807, 2.05) is 0 Å². The summed E-state index contributed by atoms with van der Waals surface area (Å²) >= 11 is 0. The van der Waals surface area contributed by atoms with Crippen molar-refractivity contribution in [3.63, 3.8) is 0 Å². The molecule has 0 aliphatic heterocycles. The van der Waals surface area contributed by atoms with Crippen LogP contribution in [0, 0.1) is 12.8 Å². The SMILES string of the molecule is CCCCOC1[CH]CC[CH]C1. The van der Waals surface area contributed by atoms with E-state index >= 15 is 0 Å². The third-order valence-electron chi connectivity index (χ3n) is 2.03. The number of hydrogen-bond acceptors (Lipinski definition) is 1. The molecule has 2 radical (unpaired) electrons. The van der Waals surface area contributed by atoms with Gasteiger partial charge in [-0.15, -0.1) is 0 Å². The molecule has 1 heteroatoms. The second-order valence-corrected chi connectivity index (χ2v) is 3.10. The van der Waals surface area contributed by atoms with Crippen molar-refractivity contribution in [2.45, 2.75) is 45.1 Å². The maximum atomic E-state index is 5.64.